The Morgan fingerprint density at radius 1 is 1.00 bits per heavy atom. The van der Waals surface area contributed by atoms with Crippen LogP contribution in [0.25, 0.3) is 0 Å². The van der Waals surface area contributed by atoms with Crippen LogP contribution in [0.4, 0.5) is 4.39 Å². The Morgan fingerprint density at radius 3 is 2.34 bits per heavy atom. The van der Waals surface area contributed by atoms with E-state index in [-0.39, 0.29) is 24.4 Å². The van der Waals surface area contributed by atoms with Crippen LogP contribution in [0.1, 0.15) is 40.3 Å². The molecule has 1 fully saturated rings. The molecule has 2 aromatic carbocycles. The van der Waals surface area contributed by atoms with Crippen LogP contribution in [0.15, 0.2) is 71.1 Å². The number of halogens is 1. The van der Waals surface area contributed by atoms with Crippen LogP contribution in [-0.2, 0) is 17.8 Å². The van der Waals surface area contributed by atoms with Crippen molar-refractivity contribution in [3.63, 3.8) is 0 Å². The second-order valence-electron chi connectivity index (χ2n) is 8.23. The minimum Gasteiger partial charge on any atom is -0.464 e. The van der Waals surface area contributed by atoms with Gasteiger partial charge in [-0.1, -0.05) is 30.3 Å². The quantitative estimate of drug-likeness (QED) is 0.495. The van der Waals surface area contributed by atoms with E-state index in [1.165, 1.54) is 24.3 Å². The molecule has 4 rings (SSSR count). The first-order chi connectivity index (χ1) is 15.5. The molecule has 0 radical (unpaired) electrons. The average molecular weight is 435 g/mol. The largest absolute Gasteiger partial charge is 0.464 e. The summed E-state index contributed by atoms with van der Waals surface area (Å²) in [4.78, 5) is 29.8. The molecule has 5 nitrogen and oxygen atoms in total. The van der Waals surface area contributed by atoms with E-state index in [9.17, 15) is 14.0 Å². The average Bonchev–Trinajstić information content (AvgIpc) is 3.56. The number of rotatable bonds is 9. The first-order valence-corrected chi connectivity index (χ1v) is 10.9. The molecule has 0 spiro atoms. The fraction of sp³-hybridized carbons (Fsp3) is 0.308. The normalized spacial score (nSPS) is 13.1. The van der Waals surface area contributed by atoms with E-state index in [2.05, 4.69) is 0 Å². The lowest BCUT2D eigenvalue weighted by Gasteiger charge is -2.27. The van der Waals surface area contributed by atoms with Crippen molar-refractivity contribution < 1.29 is 18.4 Å². The van der Waals surface area contributed by atoms with Crippen LogP contribution in [0, 0.1) is 12.7 Å². The standard InChI is InChI=1S/C26H27FN2O3/c1-19-7-14-24(32-19)17-28(16-15-20-5-3-2-4-6-20)25(30)18-29(23-12-13-23)26(31)21-8-10-22(27)11-9-21/h2-11,14,23H,12-13,15-18H2,1H3. The Labute approximate surface area is 187 Å². The van der Waals surface area contributed by atoms with E-state index in [1.54, 1.807) is 9.80 Å². The molecular weight excluding hydrogens is 407 g/mol. The number of amides is 2. The highest BCUT2D eigenvalue weighted by Gasteiger charge is 2.35. The lowest BCUT2D eigenvalue weighted by Crippen LogP contribution is -2.44. The monoisotopic (exact) mass is 434 g/mol. The molecule has 1 aliphatic carbocycles. The molecule has 1 aromatic heterocycles. The summed E-state index contributed by atoms with van der Waals surface area (Å²) >= 11 is 0. The van der Waals surface area contributed by atoms with E-state index >= 15 is 0 Å². The molecule has 0 aliphatic heterocycles. The number of furan rings is 1. The summed E-state index contributed by atoms with van der Waals surface area (Å²) in [6.07, 6.45) is 2.46. The predicted octanol–water partition coefficient (Wildman–Crippen LogP) is 4.60. The Hall–Kier alpha value is -3.41. The summed E-state index contributed by atoms with van der Waals surface area (Å²) in [5.41, 5.74) is 1.53. The topological polar surface area (TPSA) is 53.8 Å². The number of aryl methyl sites for hydroxylation is 1. The molecule has 0 atom stereocenters. The first-order valence-electron chi connectivity index (χ1n) is 10.9. The lowest BCUT2D eigenvalue weighted by atomic mass is 10.1. The number of hydrogen-bond acceptors (Lipinski definition) is 3. The fourth-order valence-corrected chi connectivity index (χ4v) is 3.72. The summed E-state index contributed by atoms with van der Waals surface area (Å²) in [5, 5.41) is 0. The molecule has 0 saturated heterocycles. The molecule has 0 N–H and O–H groups in total. The van der Waals surface area contributed by atoms with Crippen molar-refractivity contribution in [2.45, 2.75) is 38.8 Å². The number of nitrogens with zero attached hydrogens (tertiary/aromatic N) is 2. The van der Waals surface area contributed by atoms with Crippen molar-refractivity contribution in [1.29, 1.82) is 0 Å². The van der Waals surface area contributed by atoms with Gasteiger partial charge < -0.3 is 14.2 Å². The van der Waals surface area contributed by atoms with Gasteiger partial charge in [-0.25, -0.2) is 4.39 Å². The van der Waals surface area contributed by atoms with Gasteiger partial charge in [-0.15, -0.1) is 0 Å². The van der Waals surface area contributed by atoms with Gasteiger partial charge >= 0.3 is 0 Å². The van der Waals surface area contributed by atoms with E-state index in [1.807, 2.05) is 49.4 Å². The second kappa shape index (κ2) is 9.81. The summed E-state index contributed by atoms with van der Waals surface area (Å²) in [6.45, 7) is 2.74. The van der Waals surface area contributed by atoms with E-state index in [4.69, 9.17) is 4.42 Å². The molecular formula is C26H27FN2O3. The van der Waals surface area contributed by atoms with E-state index in [0.717, 1.165) is 24.2 Å². The number of benzene rings is 2. The molecule has 1 heterocycles. The van der Waals surface area contributed by atoms with E-state index in [0.29, 0.717) is 30.8 Å². The molecule has 32 heavy (non-hydrogen) atoms. The summed E-state index contributed by atoms with van der Waals surface area (Å²) in [5.74, 6) is 0.750. The van der Waals surface area contributed by atoms with Gasteiger partial charge in [0.25, 0.3) is 5.91 Å². The molecule has 3 aromatic rings. The highest BCUT2D eigenvalue weighted by molar-refractivity contribution is 5.97. The Morgan fingerprint density at radius 2 is 1.72 bits per heavy atom. The maximum Gasteiger partial charge on any atom is 0.254 e. The maximum absolute atomic E-state index is 13.3. The molecule has 166 valence electrons. The molecule has 0 bridgehead atoms. The maximum atomic E-state index is 13.3. The molecule has 1 aliphatic rings. The third-order valence-electron chi connectivity index (χ3n) is 5.65. The van der Waals surface area contributed by atoms with Gasteiger partial charge in [-0.05, 0) is 68.1 Å². The molecule has 6 heteroatoms. The summed E-state index contributed by atoms with van der Waals surface area (Å²) in [6, 6.07) is 19.3. The van der Waals surface area contributed by atoms with Crippen molar-refractivity contribution in [2.75, 3.05) is 13.1 Å². The Bertz CT molecular complexity index is 1060. The SMILES string of the molecule is Cc1ccc(CN(CCc2ccccc2)C(=O)CN(C(=O)c2ccc(F)cc2)C2CC2)o1. The smallest absolute Gasteiger partial charge is 0.254 e. The van der Waals surface area contributed by atoms with Crippen LogP contribution in [0.5, 0.6) is 0 Å². The van der Waals surface area contributed by atoms with Crippen molar-refractivity contribution in [3.8, 4) is 0 Å². The van der Waals surface area contributed by atoms with Crippen molar-refractivity contribution in [1.82, 2.24) is 9.80 Å². The van der Waals surface area contributed by atoms with Crippen LogP contribution >= 0.6 is 0 Å². The van der Waals surface area contributed by atoms with Gasteiger partial charge in [0.1, 0.15) is 23.9 Å². The van der Waals surface area contributed by atoms with Crippen molar-refractivity contribution in [2.24, 2.45) is 0 Å². The van der Waals surface area contributed by atoms with E-state index < -0.39 is 5.82 Å². The predicted molar refractivity (Wildman–Crippen MR) is 119 cm³/mol. The van der Waals surface area contributed by atoms with Gasteiger partial charge in [-0.2, -0.15) is 0 Å². The summed E-state index contributed by atoms with van der Waals surface area (Å²) in [7, 11) is 0. The second-order valence-corrected chi connectivity index (χ2v) is 8.23. The van der Waals surface area contributed by atoms with Crippen molar-refractivity contribution in [3.05, 3.63) is 95.2 Å². The minimum atomic E-state index is -0.392. The minimum absolute atomic E-state index is 0.00461. The number of hydrogen-bond donors (Lipinski definition) is 0. The van der Waals surface area contributed by atoms with Gasteiger partial charge in [0, 0.05) is 18.2 Å². The van der Waals surface area contributed by atoms with Crippen LogP contribution in [0.2, 0.25) is 0 Å². The molecule has 2 amide bonds. The highest BCUT2D eigenvalue weighted by Crippen LogP contribution is 2.28. The molecule has 0 unspecified atom stereocenters. The summed E-state index contributed by atoms with van der Waals surface area (Å²) < 4.78 is 19.0. The third kappa shape index (κ3) is 5.63. The van der Waals surface area contributed by atoms with Gasteiger partial charge in [0.05, 0.1) is 6.54 Å². The zero-order valence-corrected chi connectivity index (χ0v) is 18.2. The van der Waals surface area contributed by atoms with Crippen LogP contribution in [-0.4, -0.2) is 40.7 Å². The zero-order valence-electron chi connectivity index (χ0n) is 18.2. The van der Waals surface area contributed by atoms with Gasteiger partial charge in [0.15, 0.2) is 0 Å². The van der Waals surface area contributed by atoms with Crippen LogP contribution < -0.4 is 0 Å². The van der Waals surface area contributed by atoms with Gasteiger partial charge in [0.2, 0.25) is 5.91 Å². The van der Waals surface area contributed by atoms with Crippen LogP contribution in [0.3, 0.4) is 0 Å². The first kappa shape index (κ1) is 21.8. The Kier molecular flexibility index (Phi) is 6.69. The van der Waals surface area contributed by atoms with Crippen molar-refractivity contribution >= 4 is 11.8 Å². The fourth-order valence-electron chi connectivity index (χ4n) is 3.72. The van der Waals surface area contributed by atoms with Gasteiger partial charge in [-0.3, -0.25) is 9.59 Å². The number of carbonyl (C=O) groups is 2. The number of carbonyl (C=O) groups excluding carboxylic acids is 2. The lowest BCUT2D eigenvalue weighted by molar-refractivity contribution is -0.132. The zero-order chi connectivity index (χ0) is 22.5. The Balaban J connectivity index is 1.48. The molecule has 1 saturated carbocycles. The third-order valence-corrected chi connectivity index (χ3v) is 5.65. The highest BCUT2D eigenvalue weighted by atomic mass is 19.1.